The van der Waals surface area contributed by atoms with Gasteiger partial charge in [-0.1, -0.05) is 6.07 Å². The maximum atomic E-state index is 11.2. The average Bonchev–Trinajstić information content (AvgIpc) is 2.53. The van der Waals surface area contributed by atoms with Crippen molar-refractivity contribution in [3.63, 3.8) is 0 Å². The van der Waals surface area contributed by atoms with Gasteiger partial charge in [-0.15, -0.1) is 11.3 Å². The monoisotopic (exact) mass is 199 g/mol. The number of thiophene rings is 1. The Hall–Kier alpha value is -0.870. The van der Waals surface area contributed by atoms with Crippen molar-refractivity contribution < 1.29 is 9.90 Å². The second kappa shape index (κ2) is 4.99. The van der Waals surface area contributed by atoms with Crippen LogP contribution in [-0.2, 0) is 11.2 Å². The van der Waals surface area contributed by atoms with Crippen LogP contribution in [0.5, 0.6) is 0 Å². The normalized spacial score (nSPS) is 12.5. The Labute approximate surface area is 81.4 Å². The van der Waals surface area contributed by atoms with Crippen molar-refractivity contribution >= 4 is 17.2 Å². The molecule has 0 saturated carbocycles. The van der Waals surface area contributed by atoms with E-state index in [0.717, 1.165) is 4.88 Å². The summed E-state index contributed by atoms with van der Waals surface area (Å²) >= 11 is 1.56. The molecule has 1 amide bonds. The molecule has 0 aliphatic rings. The van der Waals surface area contributed by atoms with E-state index in [1.807, 2.05) is 17.5 Å². The first-order valence-corrected chi connectivity index (χ1v) is 5.03. The molecule has 1 heterocycles. The van der Waals surface area contributed by atoms with E-state index in [9.17, 15) is 4.79 Å². The SMILES string of the molecule is C[C@@H](O)CNC(=O)Cc1cccs1. The molecule has 1 atom stereocenters. The van der Waals surface area contributed by atoms with Gasteiger partial charge in [-0.2, -0.15) is 0 Å². The van der Waals surface area contributed by atoms with Crippen molar-refractivity contribution in [2.75, 3.05) is 6.54 Å². The van der Waals surface area contributed by atoms with Crippen LogP contribution in [0.25, 0.3) is 0 Å². The van der Waals surface area contributed by atoms with Gasteiger partial charge in [0.05, 0.1) is 12.5 Å². The molecule has 4 heteroatoms. The van der Waals surface area contributed by atoms with Gasteiger partial charge in [-0.25, -0.2) is 0 Å². The van der Waals surface area contributed by atoms with Gasteiger partial charge in [0.1, 0.15) is 0 Å². The molecule has 72 valence electrons. The highest BCUT2D eigenvalue weighted by Gasteiger charge is 2.04. The van der Waals surface area contributed by atoms with Gasteiger partial charge in [0.15, 0.2) is 0 Å². The van der Waals surface area contributed by atoms with Crippen molar-refractivity contribution in [3.8, 4) is 0 Å². The molecule has 0 radical (unpaired) electrons. The van der Waals surface area contributed by atoms with E-state index in [1.165, 1.54) is 0 Å². The number of aliphatic hydroxyl groups excluding tert-OH is 1. The lowest BCUT2D eigenvalue weighted by atomic mass is 10.3. The van der Waals surface area contributed by atoms with Gasteiger partial charge in [0.25, 0.3) is 0 Å². The molecular formula is C9H13NO2S. The Bertz CT molecular complexity index is 257. The predicted molar refractivity (Wildman–Crippen MR) is 52.7 cm³/mol. The number of carbonyl (C=O) groups excluding carboxylic acids is 1. The maximum Gasteiger partial charge on any atom is 0.225 e. The Morgan fingerprint density at radius 3 is 3.08 bits per heavy atom. The molecule has 0 aromatic carbocycles. The molecule has 0 aliphatic heterocycles. The van der Waals surface area contributed by atoms with E-state index in [2.05, 4.69) is 5.32 Å². The van der Waals surface area contributed by atoms with Crippen molar-refractivity contribution in [1.82, 2.24) is 5.32 Å². The van der Waals surface area contributed by atoms with Crippen LogP contribution in [0, 0.1) is 0 Å². The maximum absolute atomic E-state index is 11.2. The van der Waals surface area contributed by atoms with E-state index >= 15 is 0 Å². The number of hydrogen-bond acceptors (Lipinski definition) is 3. The molecule has 0 unspecified atom stereocenters. The topological polar surface area (TPSA) is 49.3 Å². The fourth-order valence-electron chi connectivity index (χ4n) is 0.895. The smallest absolute Gasteiger partial charge is 0.225 e. The molecule has 0 aliphatic carbocycles. The second-order valence-corrected chi connectivity index (χ2v) is 3.94. The summed E-state index contributed by atoms with van der Waals surface area (Å²) in [6.45, 7) is 1.97. The summed E-state index contributed by atoms with van der Waals surface area (Å²) in [4.78, 5) is 12.2. The number of aliphatic hydroxyl groups is 1. The molecule has 0 spiro atoms. The van der Waals surface area contributed by atoms with Crippen LogP contribution in [-0.4, -0.2) is 23.7 Å². The van der Waals surface area contributed by atoms with Crippen molar-refractivity contribution in [3.05, 3.63) is 22.4 Å². The second-order valence-electron chi connectivity index (χ2n) is 2.91. The first-order chi connectivity index (χ1) is 6.18. The minimum absolute atomic E-state index is 0.0386. The van der Waals surface area contributed by atoms with E-state index in [-0.39, 0.29) is 5.91 Å². The minimum atomic E-state index is -0.479. The third-order valence-electron chi connectivity index (χ3n) is 1.51. The van der Waals surface area contributed by atoms with Crippen LogP contribution < -0.4 is 5.32 Å². The molecular weight excluding hydrogens is 186 g/mol. The minimum Gasteiger partial charge on any atom is -0.392 e. The number of hydrogen-bond donors (Lipinski definition) is 2. The van der Waals surface area contributed by atoms with Crippen molar-refractivity contribution in [2.45, 2.75) is 19.4 Å². The Kier molecular flexibility index (Phi) is 3.92. The number of rotatable bonds is 4. The zero-order valence-corrected chi connectivity index (χ0v) is 8.30. The van der Waals surface area contributed by atoms with Gasteiger partial charge in [-0.05, 0) is 18.4 Å². The van der Waals surface area contributed by atoms with Gasteiger partial charge < -0.3 is 10.4 Å². The Morgan fingerprint density at radius 2 is 2.54 bits per heavy atom. The van der Waals surface area contributed by atoms with Gasteiger partial charge >= 0.3 is 0 Å². The van der Waals surface area contributed by atoms with Gasteiger partial charge in [0, 0.05) is 11.4 Å². The van der Waals surface area contributed by atoms with Crippen LogP contribution in [0.2, 0.25) is 0 Å². The summed E-state index contributed by atoms with van der Waals surface area (Å²) in [6.07, 6.45) is -0.0722. The molecule has 0 saturated heterocycles. The third kappa shape index (κ3) is 4.05. The summed E-state index contributed by atoms with van der Waals surface area (Å²) < 4.78 is 0. The highest BCUT2D eigenvalue weighted by molar-refractivity contribution is 7.10. The van der Waals surface area contributed by atoms with Crippen LogP contribution in [0.3, 0.4) is 0 Å². The fourth-order valence-corrected chi connectivity index (χ4v) is 1.60. The summed E-state index contributed by atoms with van der Waals surface area (Å²) in [5.41, 5.74) is 0. The number of nitrogens with one attached hydrogen (secondary N) is 1. The molecule has 1 rings (SSSR count). The van der Waals surface area contributed by atoms with Crippen LogP contribution in [0.15, 0.2) is 17.5 Å². The lowest BCUT2D eigenvalue weighted by molar-refractivity contribution is -0.120. The highest BCUT2D eigenvalue weighted by atomic mass is 32.1. The molecule has 0 bridgehead atoms. The quantitative estimate of drug-likeness (QED) is 0.753. The first kappa shape index (κ1) is 10.2. The first-order valence-electron chi connectivity index (χ1n) is 4.15. The lowest BCUT2D eigenvalue weighted by Crippen LogP contribution is -2.31. The standard InChI is InChI=1S/C9H13NO2S/c1-7(11)6-10-9(12)5-8-3-2-4-13-8/h2-4,7,11H,5-6H2,1H3,(H,10,12)/t7-/m1/s1. The summed E-state index contributed by atoms with van der Waals surface area (Å²) in [5.74, 6) is -0.0386. The molecule has 1 aromatic rings. The summed E-state index contributed by atoms with van der Waals surface area (Å²) in [5, 5.41) is 13.5. The van der Waals surface area contributed by atoms with E-state index in [0.29, 0.717) is 13.0 Å². The van der Waals surface area contributed by atoms with E-state index in [1.54, 1.807) is 18.3 Å². The van der Waals surface area contributed by atoms with E-state index < -0.39 is 6.10 Å². The number of amides is 1. The highest BCUT2D eigenvalue weighted by Crippen LogP contribution is 2.08. The lowest BCUT2D eigenvalue weighted by Gasteiger charge is -2.05. The Balaban J connectivity index is 2.26. The van der Waals surface area contributed by atoms with Crippen LogP contribution in [0.1, 0.15) is 11.8 Å². The fraction of sp³-hybridized carbons (Fsp3) is 0.444. The predicted octanol–water partition coefficient (Wildman–Crippen LogP) is 0.788. The molecule has 2 N–H and O–H groups in total. The van der Waals surface area contributed by atoms with Crippen molar-refractivity contribution in [2.24, 2.45) is 0 Å². The third-order valence-corrected chi connectivity index (χ3v) is 2.39. The molecule has 1 aromatic heterocycles. The number of carbonyl (C=O) groups is 1. The summed E-state index contributed by atoms with van der Waals surface area (Å²) in [7, 11) is 0. The van der Waals surface area contributed by atoms with Gasteiger partial charge in [0.2, 0.25) is 5.91 Å². The average molecular weight is 199 g/mol. The van der Waals surface area contributed by atoms with Gasteiger partial charge in [-0.3, -0.25) is 4.79 Å². The summed E-state index contributed by atoms with van der Waals surface area (Å²) in [6, 6.07) is 3.84. The van der Waals surface area contributed by atoms with Crippen LogP contribution in [0.4, 0.5) is 0 Å². The molecule has 13 heavy (non-hydrogen) atoms. The zero-order valence-electron chi connectivity index (χ0n) is 7.49. The molecule has 0 fully saturated rings. The van der Waals surface area contributed by atoms with E-state index in [4.69, 9.17) is 5.11 Å². The van der Waals surface area contributed by atoms with Crippen molar-refractivity contribution in [1.29, 1.82) is 0 Å². The zero-order chi connectivity index (χ0) is 9.68. The Morgan fingerprint density at radius 1 is 1.77 bits per heavy atom. The van der Waals surface area contributed by atoms with Crippen LogP contribution >= 0.6 is 11.3 Å². The molecule has 3 nitrogen and oxygen atoms in total. The largest absolute Gasteiger partial charge is 0.392 e.